The van der Waals surface area contributed by atoms with Crippen molar-refractivity contribution in [3.05, 3.63) is 38.4 Å². The van der Waals surface area contributed by atoms with E-state index in [1.165, 1.54) is 6.07 Å². The second-order valence-electron chi connectivity index (χ2n) is 4.07. The van der Waals surface area contributed by atoms with Crippen LogP contribution >= 0.6 is 11.6 Å². The van der Waals surface area contributed by atoms with E-state index in [2.05, 4.69) is 10.4 Å². The summed E-state index contributed by atoms with van der Waals surface area (Å²) in [5.74, 6) is 5.08. The third-order valence-electron chi connectivity index (χ3n) is 2.78. The van der Waals surface area contributed by atoms with Crippen molar-refractivity contribution >= 4 is 23.1 Å². The van der Waals surface area contributed by atoms with Crippen LogP contribution in [0.3, 0.4) is 0 Å². The van der Waals surface area contributed by atoms with Gasteiger partial charge < -0.3 is 5.43 Å². The summed E-state index contributed by atoms with van der Waals surface area (Å²) in [6, 6.07) is 0.844. The van der Waals surface area contributed by atoms with Gasteiger partial charge in [-0.05, 0) is 6.07 Å². The van der Waals surface area contributed by atoms with Crippen molar-refractivity contribution in [1.82, 2.24) is 5.43 Å². The minimum atomic E-state index is -4.52. The summed E-state index contributed by atoms with van der Waals surface area (Å²) in [5, 5.41) is 11.0. The molecule has 1 aromatic rings. The average Bonchev–Trinajstić information content (AvgIpc) is 2.67. The molecular formula is C10H8ClF3N4O2. The van der Waals surface area contributed by atoms with Crippen LogP contribution in [0.5, 0.6) is 0 Å². The molecule has 10 heteroatoms. The quantitative estimate of drug-likeness (QED) is 0.498. The van der Waals surface area contributed by atoms with Crippen molar-refractivity contribution in [3.8, 4) is 0 Å². The maximum Gasteiger partial charge on any atom is 0.391 e. The third kappa shape index (κ3) is 2.54. The minimum absolute atomic E-state index is 0.0395. The normalized spacial score (nSPS) is 17.6. The third-order valence-corrected chi connectivity index (χ3v) is 3.10. The van der Waals surface area contributed by atoms with Crippen molar-refractivity contribution in [2.75, 3.05) is 0 Å². The van der Waals surface area contributed by atoms with Crippen LogP contribution in [0, 0.1) is 10.1 Å². The summed E-state index contributed by atoms with van der Waals surface area (Å²) < 4.78 is 37.6. The lowest BCUT2D eigenvalue weighted by Gasteiger charge is -2.12. The van der Waals surface area contributed by atoms with Gasteiger partial charge in [-0.25, -0.2) is 5.84 Å². The molecule has 2 rings (SSSR count). The number of benzene rings is 1. The number of nitrogens with one attached hydrogen (secondary N) is 1. The van der Waals surface area contributed by atoms with E-state index < -0.39 is 29.2 Å². The fourth-order valence-corrected chi connectivity index (χ4v) is 2.33. The monoisotopic (exact) mass is 308 g/mol. The van der Waals surface area contributed by atoms with E-state index >= 15 is 0 Å². The van der Waals surface area contributed by atoms with E-state index in [1.807, 2.05) is 0 Å². The van der Waals surface area contributed by atoms with Crippen LogP contribution in [0.25, 0.3) is 0 Å². The molecule has 1 aliphatic rings. The van der Waals surface area contributed by atoms with Crippen LogP contribution in [-0.4, -0.2) is 16.9 Å². The topological polar surface area (TPSA) is 93.5 Å². The zero-order valence-electron chi connectivity index (χ0n) is 9.74. The maximum absolute atomic E-state index is 12.5. The minimum Gasteiger partial charge on any atom is -0.308 e. The molecule has 3 N–H and O–H groups in total. The first-order chi connectivity index (χ1) is 9.24. The Morgan fingerprint density at radius 3 is 2.65 bits per heavy atom. The van der Waals surface area contributed by atoms with Crippen molar-refractivity contribution in [1.29, 1.82) is 0 Å². The molecule has 6 nitrogen and oxygen atoms in total. The van der Waals surface area contributed by atoms with Gasteiger partial charge in [-0.3, -0.25) is 15.1 Å². The Morgan fingerprint density at radius 2 is 2.15 bits per heavy atom. The Balaban J connectivity index is 2.61. The molecule has 0 bridgehead atoms. The Labute approximate surface area is 115 Å². The first kappa shape index (κ1) is 14.5. The number of hydrazine groups is 1. The highest BCUT2D eigenvalue weighted by atomic mass is 35.5. The Morgan fingerprint density at radius 1 is 1.50 bits per heavy atom. The fourth-order valence-electron chi connectivity index (χ4n) is 2.08. The molecular weight excluding hydrogens is 301 g/mol. The Kier molecular flexibility index (Phi) is 3.57. The average molecular weight is 309 g/mol. The predicted molar refractivity (Wildman–Crippen MR) is 65.4 cm³/mol. The van der Waals surface area contributed by atoms with E-state index in [9.17, 15) is 23.3 Å². The maximum atomic E-state index is 12.5. The van der Waals surface area contributed by atoms with Gasteiger partial charge in [-0.1, -0.05) is 11.6 Å². The zero-order valence-corrected chi connectivity index (χ0v) is 10.5. The van der Waals surface area contributed by atoms with Crippen LogP contribution in [0.2, 0.25) is 5.02 Å². The van der Waals surface area contributed by atoms with Gasteiger partial charge in [0.15, 0.2) is 0 Å². The smallest absolute Gasteiger partial charge is 0.308 e. The van der Waals surface area contributed by atoms with E-state index in [4.69, 9.17) is 17.4 Å². The number of nitro benzene ring substituents is 1. The molecule has 1 unspecified atom stereocenters. The molecule has 0 fully saturated rings. The number of nitro groups is 1. The van der Waals surface area contributed by atoms with Gasteiger partial charge in [0.2, 0.25) is 0 Å². The predicted octanol–water partition coefficient (Wildman–Crippen LogP) is 2.47. The number of halogens is 4. The highest BCUT2D eigenvalue weighted by Gasteiger charge is 2.41. The SMILES string of the molecule is NNC1=NC(CC(F)(F)F)c2c([N+](=O)[O-])ccc(Cl)c21. The molecule has 1 heterocycles. The lowest BCUT2D eigenvalue weighted by atomic mass is 9.99. The molecule has 108 valence electrons. The molecule has 0 spiro atoms. The lowest BCUT2D eigenvalue weighted by Crippen LogP contribution is -2.30. The molecule has 0 aliphatic carbocycles. The van der Waals surface area contributed by atoms with Crippen molar-refractivity contribution in [2.24, 2.45) is 10.8 Å². The van der Waals surface area contributed by atoms with E-state index in [-0.39, 0.29) is 22.0 Å². The lowest BCUT2D eigenvalue weighted by molar-refractivity contribution is -0.385. The first-order valence-corrected chi connectivity index (χ1v) is 5.70. The highest BCUT2D eigenvalue weighted by Crippen LogP contribution is 2.44. The molecule has 0 aromatic heterocycles. The summed E-state index contributed by atoms with van der Waals surface area (Å²) >= 11 is 5.88. The standard InChI is InChI=1S/C10H8ClF3N4O2/c11-4-1-2-6(18(19)20)8-5(3-10(12,13)14)16-9(17-15)7(4)8/h1-2,5H,3,15H2,(H,16,17). The van der Waals surface area contributed by atoms with E-state index in [0.29, 0.717) is 0 Å². The van der Waals surface area contributed by atoms with Gasteiger partial charge in [0, 0.05) is 11.6 Å². The molecule has 1 aromatic carbocycles. The van der Waals surface area contributed by atoms with Crippen LogP contribution in [0.4, 0.5) is 18.9 Å². The number of aliphatic imine (C=N–C) groups is 1. The van der Waals surface area contributed by atoms with Crippen LogP contribution in [0.15, 0.2) is 17.1 Å². The van der Waals surface area contributed by atoms with Crippen LogP contribution < -0.4 is 11.3 Å². The summed E-state index contributed by atoms with van der Waals surface area (Å²) in [5.41, 5.74) is 1.52. The number of amidine groups is 1. The van der Waals surface area contributed by atoms with E-state index in [0.717, 1.165) is 6.07 Å². The number of nitrogens with two attached hydrogens (primary N) is 1. The number of hydrogen-bond donors (Lipinski definition) is 2. The second-order valence-corrected chi connectivity index (χ2v) is 4.48. The summed E-state index contributed by atoms with van der Waals surface area (Å²) in [6.45, 7) is 0. The number of hydrogen-bond acceptors (Lipinski definition) is 5. The molecule has 0 radical (unpaired) electrons. The van der Waals surface area contributed by atoms with Crippen LogP contribution in [0.1, 0.15) is 23.6 Å². The summed E-state index contributed by atoms with van der Waals surface area (Å²) in [4.78, 5) is 13.9. The van der Waals surface area contributed by atoms with Gasteiger partial charge in [-0.15, -0.1) is 0 Å². The van der Waals surface area contributed by atoms with Crippen LogP contribution in [-0.2, 0) is 0 Å². The molecule has 1 aliphatic heterocycles. The molecule has 0 saturated heterocycles. The first-order valence-electron chi connectivity index (χ1n) is 5.33. The molecule has 0 saturated carbocycles. The van der Waals surface area contributed by atoms with Crippen molar-refractivity contribution in [3.63, 3.8) is 0 Å². The van der Waals surface area contributed by atoms with Gasteiger partial charge in [0.1, 0.15) is 5.84 Å². The van der Waals surface area contributed by atoms with Gasteiger partial charge >= 0.3 is 6.18 Å². The molecule has 1 atom stereocenters. The number of fused-ring (bicyclic) bond motifs is 1. The van der Waals surface area contributed by atoms with Gasteiger partial charge in [0.25, 0.3) is 5.69 Å². The fraction of sp³-hybridized carbons (Fsp3) is 0.300. The number of alkyl halides is 3. The molecule has 0 amide bonds. The van der Waals surface area contributed by atoms with Gasteiger partial charge in [-0.2, -0.15) is 13.2 Å². The largest absolute Gasteiger partial charge is 0.391 e. The summed E-state index contributed by atoms with van der Waals surface area (Å²) in [7, 11) is 0. The molecule has 20 heavy (non-hydrogen) atoms. The summed E-state index contributed by atoms with van der Waals surface area (Å²) in [6.07, 6.45) is -5.85. The Bertz CT molecular complexity index is 603. The van der Waals surface area contributed by atoms with Crippen molar-refractivity contribution in [2.45, 2.75) is 18.6 Å². The zero-order chi connectivity index (χ0) is 15.1. The van der Waals surface area contributed by atoms with Crippen molar-refractivity contribution < 1.29 is 18.1 Å². The Hall–Kier alpha value is -1.87. The highest BCUT2D eigenvalue weighted by molar-refractivity contribution is 6.34. The van der Waals surface area contributed by atoms with E-state index in [1.54, 1.807) is 0 Å². The number of nitrogens with zero attached hydrogens (tertiary/aromatic N) is 2. The number of rotatable bonds is 2. The van der Waals surface area contributed by atoms with Gasteiger partial charge in [0.05, 0.1) is 28.0 Å². The second kappa shape index (κ2) is 4.91.